The smallest absolute Gasteiger partial charge is 0.405 e. The third kappa shape index (κ3) is 4.85. The second-order valence-electron chi connectivity index (χ2n) is 11.1. The van der Waals surface area contributed by atoms with Crippen LogP contribution in [0.15, 0.2) is 24.3 Å². The van der Waals surface area contributed by atoms with Gasteiger partial charge in [-0.15, -0.1) is 0 Å². The van der Waals surface area contributed by atoms with E-state index in [9.17, 15) is 9.18 Å². The highest BCUT2D eigenvalue weighted by atomic mass is 19.1. The zero-order chi connectivity index (χ0) is 23.8. The Balaban J connectivity index is 1.44. The topological polar surface area (TPSA) is 99.6 Å². The molecule has 33 heavy (non-hydrogen) atoms. The van der Waals surface area contributed by atoms with E-state index < -0.39 is 13.2 Å². The molecule has 1 amide bonds. The van der Waals surface area contributed by atoms with Gasteiger partial charge in [0.25, 0.3) is 0 Å². The summed E-state index contributed by atoms with van der Waals surface area (Å²) in [5.74, 6) is 0.612. The lowest BCUT2D eigenvalue weighted by atomic mass is 9.43. The molecule has 2 bridgehead atoms. The van der Waals surface area contributed by atoms with Crippen molar-refractivity contribution >= 4 is 13.0 Å². The maximum atomic E-state index is 13.4. The number of halogens is 1. The predicted molar refractivity (Wildman–Crippen MR) is 128 cm³/mol. The van der Waals surface area contributed by atoms with Crippen molar-refractivity contribution in [2.75, 3.05) is 13.1 Å². The quantitative estimate of drug-likeness (QED) is 0.369. The van der Waals surface area contributed by atoms with Gasteiger partial charge < -0.3 is 26.1 Å². The minimum atomic E-state index is -0.554. The maximum absolute atomic E-state index is 13.4. The molecule has 1 aromatic rings. The van der Waals surface area contributed by atoms with Crippen LogP contribution in [0.25, 0.3) is 0 Å². The van der Waals surface area contributed by atoms with Gasteiger partial charge in [0.1, 0.15) is 5.82 Å². The Hall–Kier alpha value is -1.48. The van der Waals surface area contributed by atoms with Crippen molar-refractivity contribution in [2.24, 2.45) is 28.7 Å². The Morgan fingerprint density at radius 2 is 1.97 bits per heavy atom. The lowest BCUT2D eigenvalue weighted by molar-refractivity contribution is -0.199. The lowest BCUT2D eigenvalue weighted by Gasteiger charge is -2.64. The summed E-state index contributed by atoms with van der Waals surface area (Å²) in [5.41, 5.74) is 12.6. The van der Waals surface area contributed by atoms with Gasteiger partial charge in [-0.05, 0) is 80.5 Å². The number of carbonyl (C=O) groups excluding carboxylic acids is 1. The van der Waals surface area contributed by atoms with E-state index in [4.69, 9.17) is 20.8 Å². The highest BCUT2D eigenvalue weighted by molar-refractivity contribution is 6.47. The molecule has 1 aliphatic heterocycles. The lowest BCUT2D eigenvalue weighted by Crippen LogP contribution is -2.65. The van der Waals surface area contributed by atoms with Crippen LogP contribution in [0, 0.1) is 23.1 Å². The fourth-order valence-corrected chi connectivity index (χ4v) is 6.29. The summed E-state index contributed by atoms with van der Waals surface area (Å²) in [4.78, 5) is 12.6. The van der Waals surface area contributed by atoms with E-state index in [0.29, 0.717) is 37.8 Å². The summed E-state index contributed by atoms with van der Waals surface area (Å²) < 4.78 is 26.6. The first kappa shape index (κ1) is 24.6. The normalized spacial score (nSPS) is 31.5. The van der Waals surface area contributed by atoms with Crippen molar-refractivity contribution in [3.8, 4) is 0 Å². The van der Waals surface area contributed by atoms with E-state index >= 15 is 0 Å². The molecule has 8 heteroatoms. The third-order valence-electron chi connectivity index (χ3n) is 8.61. The molecule has 182 valence electrons. The second-order valence-corrected chi connectivity index (χ2v) is 11.1. The number of benzene rings is 1. The molecule has 4 aliphatic rings. The molecule has 5 rings (SSSR count). The molecule has 1 aromatic carbocycles. The molecule has 0 aromatic heterocycles. The summed E-state index contributed by atoms with van der Waals surface area (Å²) in [6, 6.07) is 5.95. The van der Waals surface area contributed by atoms with Gasteiger partial charge in [-0.2, -0.15) is 0 Å². The van der Waals surface area contributed by atoms with Crippen LogP contribution in [0.5, 0.6) is 0 Å². The van der Waals surface area contributed by atoms with Gasteiger partial charge in [-0.3, -0.25) is 4.79 Å². The number of nitrogens with one attached hydrogen (secondary N) is 1. The number of hydrogen-bond acceptors (Lipinski definition) is 5. The minimum absolute atomic E-state index is 0.0733. The Morgan fingerprint density at radius 3 is 2.64 bits per heavy atom. The number of hydrogen-bond donors (Lipinski definition) is 3. The molecule has 5 N–H and O–H groups in total. The van der Waals surface area contributed by atoms with E-state index in [1.54, 1.807) is 12.1 Å². The third-order valence-corrected chi connectivity index (χ3v) is 8.61. The fourth-order valence-electron chi connectivity index (χ4n) is 6.29. The number of amides is 1. The maximum Gasteiger partial charge on any atom is 0.463 e. The average molecular weight is 459 g/mol. The minimum Gasteiger partial charge on any atom is -0.405 e. The van der Waals surface area contributed by atoms with E-state index in [1.807, 2.05) is 0 Å². The largest absolute Gasteiger partial charge is 0.463 e. The van der Waals surface area contributed by atoms with Crippen LogP contribution in [-0.4, -0.2) is 43.9 Å². The molecule has 3 aliphatic carbocycles. The van der Waals surface area contributed by atoms with Crippen molar-refractivity contribution in [3.63, 3.8) is 0 Å². The second kappa shape index (κ2) is 9.64. The highest BCUT2D eigenvalue weighted by Gasteiger charge is 2.68. The van der Waals surface area contributed by atoms with Gasteiger partial charge in [0.2, 0.25) is 5.91 Å². The molecule has 6 atom stereocenters. The van der Waals surface area contributed by atoms with Gasteiger partial charge >= 0.3 is 7.12 Å². The Morgan fingerprint density at radius 1 is 1.24 bits per heavy atom. The summed E-state index contributed by atoms with van der Waals surface area (Å²) in [5, 5.41) is 3.02. The molecule has 0 spiro atoms. The first-order chi connectivity index (χ1) is 15.6. The molecule has 3 unspecified atom stereocenters. The molecule has 0 radical (unpaired) electrons. The van der Waals surface area contributed by atoms with E-state index in [1.165, 1.54) is 18.6 Å². The number of rotatable bonds is 10. The predicted octanol–water partition coefficient (Wildman–Crippen LogP) is 3.04. The fraction of sp³-hybridized carbons (Fsp3) is 0.720. The van der Waals surface area contributed by atoms with Gasteiger partial charge in [0, 0.05) is 12.4 Å². The van der Waals surface area contributed by atoms with Crippen molar-refractivity contribution in [1.29, 1.82) is 0 Å². The van der Waals surface area contributed by atoms with Crippen molar-refractivity contribution < 1.29 is 18.5 Å². The van der Waals surface area contributed by atoms with Crippen LogP contribution in [0.1, 0.15) is 58.4 Å². The van der Waals surface area contributed by atoms with Crippen molar-refractivity contribution in [3.05, 3.63) is 35.6 Å². The van der Waals surface area contributed by atoms with E-state index in [-0.39, 0.29) is 34.7 Å². The van der Waals surface area contributed by atoms with E-state index in [2.05, 4.69) is 26.1 Å². The number of unbranched alkanes of at least 4 members (excludes halogenated alkanes) is 1. The molecule has 4 fully saturated rings. The van der Waals surface area contributed by atoms with Crippen LogP contribution in [-0.2, 0) is 20.5 Å². The van der Waals surface area contributed by atoms with Crippen LogP contribution >= 0.6 is 0 Å². The highest BCUT2D eigenvalue weighted by Crippen LogP contribution is 2.66. The summed E-state index contributed by atoms with van der Waals surface area (Å²) in [7, 11) is -0.422. The van der Waals surface area contributed by atoms with Crippen LogP contribution < -0.4 is 16.8 Å². The number of carbonyl (C=O) groups is 1. The average Bonchev–Trinajstić information content (AvgIpc) is 3.14. The monoisotopic (exact) mass is 459 g/mol. The summed E-state index contributed by atoms with van der Waals surface area (Å²) in [6.45, 7) is 7.87. The summed E-state index contributed by atoms with van der Waals surface area (Å²) in [6.07, 6.45) is 5.19. The van der Waals surface area contributed by atoms with E-state index in [0.717, 1.165) is 24.8 Å². The zero-order valence-electron chi connectivity index (χ0n) is 20.2. The molecular formula is C25H39BFN3O3. The van der Waals surface area contributed by atoms with Crippen molar-refractivity contribution in [2.45, 2.75) is 82.9 Å². The molecular weight excluding hydrogens is 420 g/mol. The van der Waals surface area contributed by atoms with Gasteiger partial charge in [-0.25, -0.2) is 4.39 Å². The van der Waals surface area contributed by atoms with Gasteiger partial charge in [-0.1, -0.05) is 32.4 Å². The molecule has 6 nitrogen and oxygen atoms in total. The standard InChI is InChI=1S/C25H39BFN3O3/c1-24(2)17-13-21(24)25(3)22(14-17)32-26(33-25)18(12-16-7-9-19(27)10-8-16)15-30-23(31)20(29)6-4-5-11-28/h7-10,17-18,20-22H,4-6,11-15,28-29H2,1-3H3,(H,30,31)/t17?,18-,20+,21?,22?,25-/m1/s1. The summed E-state index contributed by atoms with van der Waals surface area (Å²) >= 11 is 0. The molecule has 1 saturated heterocycles. The SMILES string of the molecule is CC1(C)C2CC3OB([C@@H](CNC(=O)[C@@H](N)CCCCN)Cc4ccc(F)cc4)O[C@]3(C)C1C2. The Bertz CT molecular complexity index is 839. The van der Waals surface area contributed by atoms with Crippen LogP contribution in [0.2, 0.25) is 5.82 Å². The first-order valence-corrected chi connectivity index (χ1v) is 12.5. The van der Waals surface area contributed by atoms with Gasteiger partial charge in [0.15, 0.2) is 0 Å². The molecule has 3 saturated carbocycles. The van der Waals surface area contributed by atoms with Crippen LogP contribution in [0.4, 0.5) is 4.39 Å². The number of nitrogens with two attached hydrogens (primary N) is 2. The van der Waals surface area contributed by atoms with Gasteiger partial charge in [0.05, 0.1) is 17.7 Å². The van der Waals surface area contributed by atoms with Crippen LogP contribution in [0.3, 0.4) is 0 Å². The Kier molecular flexibility index (Phi) is 7.20. The molecule has 1 heterocycles. The van der Waals surface area contributed by atoms with Crippen molar-refractivity contribution in [1.82, 2.24) is 5.32 Å². The first-order valence-electron chi connectivity index (χ1n) is 12.5. The zero-order valence-corrected chi connectivity index (χ0v) is 20.2. The Labute approximate surface area is 197 Å².